The van der Waals surface area contributed by atoms with Crippen molar-refractivity contribution in [2.24, 2.45) is 11.3 Å². The highest BCUT2D eigenvalue weighted by molar-refractivity contribution is 5.86. The molecule has 3 heterocycles. The van der Waals surface area contributed by atoms with Crippen LogP contribution in [-0.2, 0) is 11.3 Å². The van der Waals surface area contributed by atoms with E-state index < -0.39 is 0 Å². The Balaban J connectivity index is 1.64. The van der Waals surface area contributed by atoms with Crippen LogP contribution in [-0.4, -0.2) is 67.4 Å². The Morgan fingerprint density at radius 1 is 1.39 bits per heavy atom. The molecule has 5 nitrogen and oxygen atoms in total. The fourth-order valence-electron chi connectivity index (χ4n) is 4.09. The van der Waals surface area contributed by atoms with E-state index in [1.165, 1.54) is 0 Å². The summed E-state index contributed by atoms with van der Waals surface area (Å²) in [4.78, 5) is 19.6. The molecular formula is C18H29N3O2. The van der Waals surface area contributed by atoms with Gasteiger partial charge in [0.15, 0.2) is 0 Å². The minimum absolute atomic E-state index is 0.173. The smallest absolute Gasteiger partial charge is 0.230 e. The second-order valence-corrected chi connectivity index (χ2v) is 7.58. The highest BCUT2D eigenvalue weighted by atomic mass is 16.3. The number of carbonyl (C=O) groups excluding carboxylic acids is 1. The Hall–Kier alpha value is -1.33. The molecule has 23 heavy (non-hydrogen) atoms. The maximum Gasteiger partial charge on any atom is 0.230 e. The summed E-state index contributed by atoms with van der Waals surface area (Å²) in [6.45, 7) is 9.55. The van der Waals surface area contributed by atoms with E-state index in [-0.39, 0.29) is 5.41 Å². The molecule has 0 unspecified atom stereocenters. The van der Waals surface area contributed by atoms with Gasteiger partial charge in [0.1, 0.15) is 11.5 Å². The lowest BCUT2D eigenvalue weighted by Crippen LogP contribution is -2.41. The number of rotatable bonds is 5. The fourth-order valence-corrected chi connectivity index (χ4v) is 4.09. The molecule has 2 fully saturated rings. The van der Waals surface area contributed by atoms with Crippen molar-refractivity contribution in [3.05, 3.63) is 23.7 Å². The lowest BCUT2D eigenvalue weighted by molar-refractivity contribution is -0.137. The predicted octanol–water partition coefficient (Wildman–Crippen LogP) is 1.82. The van der Waals surface area contributed by atoms with E-state index in [1.807, 2.05) is 19.1 Å². The van der Waals surface area contributed by atoms with Crippen molar-refractivity contribution in [2.75, 3.05) is 46.8 Å². The van der Waals surface area contributed by atoms with E-state index >= 15 is 0 Å². The normalized spacial score (nSPS) is 28.7. The van der Waals surface area contributed by atoms with Crippen molar-refractivity contribution < 1.29 is 9.21 Å². The number of carbonyl (C=O) groups is 1. The Kier molecular flexibility index (Phi) is 4.52. The van der Waals surface area contributed by atoms with Crippen molar-refractivity contribution in [1.29, 1.82) is 0 Å². The third-order valence-corrected chi connectivity index (χ3v) is 5.51. The lowest BCUT2D eigenvalue weighted by Gasteiger charge is -2.27. The minimum atomic E-state index is -0.173. The third kappa shape index (κ3) is 3.17. The summed E-state index contributed by atoms with van der Waals surface area (Å²) in [6.07, 6.45) is 0.994. The number of furan rings is 1. The third-order valence-electron chi connectivity index (χ3n) is 5.51. The average molecular weight is 319 g/mol. The molecule has 0 aliphatic carbocycles. The van der Waals surface area contributed by atoms with Crippen molar-refractivity contribution in [1.82, 2.24) is 14.7 Å². The quantitative estimate of drug-likeness (QED) is 0.830. The van der Waals surface area contributed by atoms with Gasteiger partial charge in [-0.1, -0.05) is 6.92 Å². The minimum Gasteiger partial charge on any atom is -0.465 e. The molecule has 2 aliphatic heterocycles. The summed E-state index contributed by atoms with van der Waals surface area (Å²) in [6, 6.07) is 4.05. The number of aryl methyl sites for hydroxylation is 1. The first kappa shape index (κ1) is 16.5. The highest BCUT2D eigenvalue weighted by Gasteiger charge is 2.54. The van der Waals surface area contributed by atoms with Crippen LogP contribution in [0.15, 0.2) is 16.5 Å². The van der Waals surface area contributed by atoms with E-state index in [2.05, 4.69) is 35.7 Å². The van der Waals surface area contributed by atoms with Crippen LogP contribution < -0.4 is 0 Å². The summed E-state index contributed by atoms with van der Waals surface area (Å²) < 4.78 is 5.70. The molecule has 0 aromatic carbocycles. The lowest BCUT2D eigenvalue weighted by atomic mass is 9.78. The molecule has 1 amide bonds. The molecule has 3 rings (SSSR count). The fraction of sp³-hybridized carbons (Fsp3) is 0.722. The first-order valence-corrected chi connectivity index (χ1v) is 8.62. The van der Waals surface area contributed by atoms with Gasteiger partial charge in [0.2, 0.25) is 5.91 Å². The van der Waals surface area contributed by atoms with Crippen LogP contribution in [0.2, 0.25) is 0 Å². The van der Waals surface area contributed by atoms with Gasteiger partial charge in [-0.25, -0.2) is 0 Å². The molecule has 5 heteroatoms. The van der Waals surface area contributed by atoms with Crippen LogP contribution in [0, 0.1) is 18.3 Å². The van der Waals surface area contributed by atoms with Gasteiger partial charge in [-0.3, -0.25) is 9.69 Å². The topological polar surface area (TPSA) is 39.9 Å². The van der Waals surface area contributed by atoms with Crippen molar-refractivity contribution >= 4 is 5.91 Å². The molecule has 0 bridgehead atoms. The van der Waals surface area contributed by atoms with Crippen molar-refractivity contribution in [2.45, 2.75) is 26.8 Å². The zero-order valence-electron chi connectivity index (χ0n) is 14.8. The second-order valence-electron chi connectivity index (χ2n) is 7.58. The van der Waals surface area contributed by atoms with E-state index in [0.717, 1.165) is 57.2 Å². The van der Waals surface area contributed by atoms with Gasteiger partial charge in [-0.2, -0.15) is 0 Å². The van der Waals surface area contributed by atoms with Crippen LogP contribution in [0.5, 0.6) is 0 Å². The SMILES string of the molecule is Cc1ccc(CN2C[C@@H](C)[C@@]3(CCN(CCN(C)C)C3=O)C2)o1. The summed E-state index contributed by atoms with van der Waals surface area (Å²) >= 11 is 0. The Bertz CT molecular complexity index is 568. The average Bonchev–Trinajstić information content (AvgIpc) is 3.11. The number of likely N-dealkylation sites (tertiary alicyclic amines) is 2. The highest BCUT2D eigenvalue weighted by Crippen LogP contribution is 2.45. The van der Waals surface area contributed by atoms with Gasteiger partial charge in [0.05, 0.1) is 12.0 Å². The van der Waals surface area contributed by atoms with Crippen molar-refractivity contribution in [3.63, 3.8) is 0 Å². The number of hydrogen-bond acceptors (Lipinski definition) is 4. The van der Waals surface area contributed by atoms with Crippen LogP contribution in [0.4, 0.5) is 0 Å². The van der Waals surface area contributed by atoms with Crippen LogP contribution >= 0.6 is 0 Å². The largest absolute Gasteiger partial charge is 0.465 e. The van der Waals surface area contributed by atoms with E-state index in [9.17, 15) is 4.79 Å². The molecular weight excluding hydrogens is 290 g/mol. The van der Waals surface area contributed by atoms with Gasteiger partial charge in [-0.15, -0.1) is 0 Å². The zero-order valence-corrected chi connectivity index (χ0v) is 14.8. The van der Waals surface area contributed by atoms with E-state index in [1.54, 1.807) is 0 Å². The first-order valence-electron chi connectivity index (χ1n) is 8.62. The second kappa shape index (κ2) is 6.29. The van der Waals surface area contributed by atoms with Crippen LogP contribution in [0.3, 0.4) is 0 Å². The number of hydrogen-bond donors (Lipinski definition) is 0. The van der Waals surface area contributed by atoms with E-state index in [0.29, 0.717) is 11.8 Å². The number of likely N-dealkylation sites (N-methyl/N-ethyl adjacent to an activating group) is 1. The standard InChI is InChI=1S/C18H29N3O2/c1-14-11-20(12-16-6-5-15(2)23-16)13-18(14)7-8-21(17(18)22)10-9-19(3)4/h5-6,14H,7-13H2,1-4H3/t14-,18-/m1/s1. The monoisotopic (exact) mass is 319 g/mol. The van der Waals surface area contributed by atoms with Crippen LogP contribution in [0.1, 0.15) is 24.9 Å². The molecule has 2 atom stereocenters. The molecule has 1 spiro atoms. The number of amides is 1. The van der Waals surface area contributed by atoms with Gasteiger partial charge in [0.25, 0.3) is 0 Å². The van der Waals surface area contributed by atoms with Gasteiger partial charge in [0, 0.05) is 32.7 Å². The summed E-state index contributed by atoms with van der Waals surface area (Å²) in [5.41, 5.74) is -0.173. The summed E-state index contributed by atoms with van der Waals surface area (Å²) in [7, 11) is 4.11. The van der Waals surface area contributed by atoms with E-state index in [4.69, 9.17) is 4.42 Å². The Labute approximate surface area is 139 Å². The molecule has 2 saturated heterocycles. The summed E-state index contributed by atoms with van der Waals surface area (Å²) in [5.74, 6) is 2.73. The molecule has 0 N–H and O–H groups in total. The van der Waals surface area contributed by atoms with Gasteiger partial charge < -0.3 is 14.2 Å². The van der Waals surface area contributed by atoms with Crippen molar-refractivity contribution in [3.8, 4) is 0 Å². The Morgan fingerprint density at radius 2 is 2.17 bits per heavy atom. The molecule has 128 valence electrons. The van der Waals surface area contributed by atoms with Crippen LogP contribution in [0.25, 0.3) is 0 Å². The maximum atomic E-state index is 13.0. The molecule has 0 saturated carbocycles. The summed E-state index contributed by atoms with van der Waals surface area (Å²) in [5, 5.41) is 0. The van der Waals surface area contributed by atoms with Gasteiger partial charge in [-0.05, 0) is 45.5 Å². The molecule has 1 aromatic heterocycles. The van der Waals surface area contributed by atoms with Gasteiger partial charge >= 0.3 is 0 Å². The Morgan fingerprint density at radius 3 is 2.83 bits per heavy atom. The first-order chi connectivity index (χ1) is 10.9. The number of nitrogens with zero attached hydrogens (tertiary/aromatic N) is 3. The molecule has 1 aromatic rings. The predicted molar refractivity (Wildman–Crippen MR) is 90.1 cm³/mol. The molecule has 2 aliphatic rings. The zero-order chi connectivity index (χ0) is 16.6. The maximum absolute atomic E-state index is 13.0. The molecule has 0 radical (unpaired) electrons.